The molecule has 0 saturated heterocycles. The Kier molecular flexibility index (Phi) is 5.82. The molecule has 5 saturated carbocycles. The van der Waals surface area contributed by atoms with Crippen LogP contribution < -0.4 is 0 Å². The van der Waals surface area contributed by atoms with Crippen LogP contribution in [0.3, 0.4) is 0 Å². The third-order valence-corrected chi connectivity index (χ3v) is 12.0. The van der Waals surface area contributed by atoms with Crippen LogP contribution in [0.15, 0.2) is 0 Å². The van der Waals surface area contributed by atoms with Crippen molar-refractivity contribution in [1.29, 1.82) is 0 Å². The first-order chi connectivity index (χ1) is 15.4. The molecule has 9 atom stereocenters. The zero-order chi connectivity index (χ0) is 23.8. The van der Waals surface area contributed by atoms with Gasteiger partial charge in [0.15, 0.2) is 5.60 Å². The Balaban J connectivity index is 1.28. The zero-order valence-corrected chi connectivity index (χ0v) is 20.7. The summed E-state index contributed by atoms with van der Waals surface area (Å²) in [5.74, 6) is 3.19. The lowest BCUT2D eigenvalue weighted by Gasteiger charge is -2.60. The molecular weight excluding hydrogens is 425 g/mol. The second-order valence-electron chi connectivity index (χ2n) is 13.3. The highest BCUT2D eigenvalue weighted by Gasteiger charge is 2.63. The van der Waals surface area contributed by atoms with Gasteiger partial charge in [-0.3, -0.25) is 4.79 Å². The molecule has 0 aromatic rings. The van der Waals surface area contributed by atoms with Gasteiger partial charge in [-0.25, -0.2) is 0 Å². The van der Waals surface area contributed by atoms with E-state index in [0.717, 1.165) is 25.7 Å². The van der Waals surface area contributed by atoms with E-state index in [0.29, 0.717) is 60.1 Å². The molecule has 5 aliphatic carbocycles. The highest BCUT2D eigenvalue weighted by Crippen LogP contribution is 2.68. The van der Waals surface area contributed by atoms with Gasteiger partial charge in [0.1, 0.15) is 5.78 Å². The molecule has 0 bridgehead atoms. The van der Waals surface area contributed by atoms with Crippen LogP contribution in [0.1, 0.15) is 104 Å². The molecule has 33 heavy (non-hydrogen) atoms. The number of hydrogen-bond donors (Lipinski definition) is 1. The molecule has 188 valence electrons. The second-order valence-corrected chi connectivity index (χ2v) is 13.3. The molecular formula is C28H43F3O2. The first-order valence-electron chi connectivity index (χ1n) is 13.7. The lowest BCUT2D eigenvalue weighted by Crippen LogP contribution is -2.54. The third-order valence-electron chi connectivity index (χ3n) is 12.0. The van der Waals surface area contributed by atoms with Crippen molar-refractivity contribution < 1.29 is 23.1 Å². The van der Waals surface area contributed by atoms with E-state index in [9.17, 15) is 23.1 Å². The van der Waals surface area contributed by atoms with Crippen molar-refractivity contribution in [3.63, 3.8) is 0 Å². The van der Waals surface area contributed by atoms with Gasteiger partial charge in [0.05, 0.1) is 0 Å². The number of hydrogen-bond acceptors (Lipinski definition) is 2. The maximum absolute atomic E-state index is 13.7. The van der Waals surface area contributed by atoms with Crippen molar-refractivity contribution in [3.8, 4) is 0 Å². The van der Waals surface area contributed by atoms with Crippen LogP contribution in [-0.2, 0) is 4.79 Å². The molecule has 5 rings (SSSR count). The van der Waals surface area contributed by atoms with Crippen LogP contribution in [0.25, 0.3) is 0 Å². The SMILES string of the molecule is C[C@H](CC[C@@](O)(C1CC1)C(F)(F)F)[C@H]1CC[C@H]2[C@@H]3CC[C@H]4CC(=O)CC[C@]4(C)[C@H]3CC[C@]12C. The number of carbonyl (C=O) groups excluding carboxylic acids is 1. The lowest BCUT2D eigenvalue weighted by atomic mass is 9.44. The van der Waals surface area contributed by atoms with Crippen molar-refractivity contribution in [2.24, 2.45) is 52.3 Å². The number of carbonyl (C=O) groups is 1. The van der Waals surface area contributed by atoms with Gasteiger partial charge in [0.2, 0.25) is 0 Å². The first-order valence-corrected chi connectivity index (χ1v) is 13.7. The highest BCUT2D eigenvalue weighted by atomic mass is 19.4. The summed E-state index contributed by atoms with van der Waals surface area (Å²) in [6.45, 7) is 7.06. The number of rotatable bonds is 5. The molecule has 0 amide bonds. The van der Waals surface area contributed by atoms with Gasteiger partial charge in [-0.1, -0.05) is 20.8 Å². The van der Waals surface area contributed by atoms with Crippen LogP contribution in [0.2, 0.25) is 0 Å². The van der Waals surface area contributed by atoms with E-state index >= 15 is 0 Å². The second kappa shape index (κ2) is 7.96. The summed E-state index contributed by atoms with van der Waals surface area (Å²) in [4.78, 5) is 12.1. The summed E-state index contributed by atoms with van der Waals surface area (Å²) in [6, 6.07) is 0. The fourth-order valence-electron chi connectivity index (χ4n) is 9.81. The van der Waals surface area contributed by atoms with E-state index in [2.05, 4.69) is 20.8 Å². The smallest absolute Gasteiger partial charge is 0.380 e. The Hall–Kier alpha value is -0.580. The van der Waals surface area contributed by atoms with E-state index < -0.39 is 17.7 Å². The maximum atomic E-state index is 13.7. The van der Waals surface area contributed by atoms with Gasteiger partial charge >= 0.3 is 6.18 Å². The summed E-state index contributed by atoms with van der Waals surface area (Å²) in [7, 11) is 0. The van der Waals surface area contributed by atoms with Crippen molar-refractivity contribution >= 4 is 5.78 Å². The van der Waals surface area contributed by atoms with Crippen molar-refractivity contribution in [3.05, 3.63) is 0 Å². The van der Waals surface area contributed by atoms with E-state index in [1.54, 1.807) is 0 Å². The molecule has 2 nitrogen and oxygen atoms in total. The van der Waals surface area contributed by atoms with E-state index in [1.807, 2.05) is 0 Å². The fraction of sp³-hybridized carbons (Fsp3) is 0.964. The fourth-order valence-corrected chi connectivity index (χ4v) is 9.81. The van der Waals surface area contributed by atoms with Gasteiger partial charge in [-0.05, 0) is 123 Å². The Morgan fingerprint density at radius 3 is 2.33 bits per heavy atom. The molecule has 0 aromatic heterocycles. The summed E-state index contributed by atoms with van der Waals surface area (Å²) < 4.78 is 41.0. The molecule has 0 radical (unpaired) electrons. The van der Waals surface area contributed by atoms with Crippen molar-refractivity contribution in [2.75, 3.05) is 0 Å². The monoisotopic (exact) mass is 468 g/mol. The molecule has 0 unspecified atom stereocenters. The standard InChI is InChI=1S/C28H43F3O2/c1-17(10-15-27(33,18-4-5-18)28(29,30)31)22-8-9-23-21-7-6-19-16-20(32)11-13-25(19,2)24(21)12-14-26(22,23)3/h17-19,21-24,33H,4-16H2,1-3H3/t17-,19+,21+,22-,23+,24+,25+,26-,27-/m1/s1. The molecule has 5 heteroatoms. The number of halogens is 3. The minimum atomic E-state index is -4.52. The molecule has 1 N–H and O–H groups in total. The number of alkyl halides is 3. The molecule has 5 aliphatic rings. The average Bonchev–Trinajstić information content (AvgIpc) is 3.53. The zero-order valence-electron chi connectivity index (χ0n) is 20.7. The predicted octanol–water partition coefficient (Wildman–Crippen LogP) is 7.33. The minimum Gasteiger partial charge on any atom is -0.380 e. The average molecular weight is 469 g/mol. The van der Waals surface area contributed by atoms with Crippen LogP contribution in [0.4, 0.5) is 13.2 Å². The topological polar surface area (TPSA) is 37.3 Å². The Labute approximate surface area is 197 Å². The number of Topliss-reactive ketones (excluding diaryl/α,β-unsaturated/α-hetero) is 1. The third kappa shape index (κ3) is 3.73. The Bertz CT molecular complexity index is 776. The maximum Gasteiger partial charge on any atom is 0.417 e. The number of aliphatic hydroxyl groups is 1. The van der Waals surface area contributed by atoms with Gasteiger partial charge in [-0.2, -0.15) is 13.2 Å². The lowest BCUT2D eigenvalue weighted by molar-refractivity contribution is -0.272. The van der Waals surface area contributed by atoms with Crippen LogP contribution in [0.5, 0.6) is 0 Å². The molecule has 0 heterocycles. The van der Waals surface area contributed by atoms with Crippen LogP contribution >= 0.6 is 0 Å². The quantitative estimate of drug-likeness (QED) is 0.458. The van der Waals surface area contributed by atoms with E-state index in [1.165, 1.54) is 32.1 Å². The predicted molar refractivity (Wildman–Crippen MR) is 122 cm³/mol. The largest absolute Gasteiger partial charge is 0.417 e. The Morgan fingerprint density at radius 2 is 1.67 bits per heavy atom. The molecule has 5 fully saturated rings. The van der Waals surface area contributed by atoms with E-state index in [-0.39, 0.29) is 17.8 Å². The molecule has 0 aromatic carbocycles. The van der Waals surface area contributed by atoms with E-state index in [4.69, 9.17) is 0 Å². The van der Waals surface area contributed by atoms with Crippen molar-refractivity contribution in [1.82, 2.24) is 0 Å². The Morgan fingerprint density at radius 1 is 0.970 bits per heavy atom. The molecule has 0 aliphatic heterocycles. The number of fused-ring (bicyclic) bond motifs is 5. The van der Waals surface area contributed by atoms with Gasteiger partial charge in [0.25, 0.3) is 0 Å². The summed E-state index contributed by atoms with van der Waals surface area (Å²) in [5.41, 5.74) is -1.97. The first kappa shape index (κ1) is 24.1. The van der Waals surface area contributed by atoms with Gasteiger partial charge in [-0.15, -0.1) is 0 Å². The normalized spacial score (nSPS) is 46.2. The van der Waals surface area contributed by atoms with Crippen molar-refractivity contribution in [2.45, 2.75) is 116 Å². The van der Waals surface area contributed by atoms with Crippen LogP contribution in [-0.4, -0.2) is 22.7 Å². The summed E-state index contributed by atoms with van der Waals surface area (Å²) in [6.07, 6.45) is 6.53. The van der Waals surface area contributed by atoms with Gasteiger partial charge in [0, 0.05) is 12.8 Å². The minimum absolute atomic E-state index is 0.139. The molecule has 0 spiro atoms. The summed E-state index contributed by atoms with van der Waals surface area (Å²) >= 11 is 0. The number of ketones is 1. The van der Waals surface area contributed by atoms with Gasteiger partial charge < -0.3 is 5.11 Å². The van der Waals surface area contributed by atoms with Crippen LogP contribution in [0, 0.1) is 52.3 Å². The summed E-state index contributed by atoms with van der Waals surface area (Å²) in [5, 5.41) is 10.5. The highest BCUT2D eigenvalue weighted by molar-refractivity contribution is 5.79.